The first-order valence-corrected chi connectivity index (χ1v) is 12.2. The highest BCUT2D eigenvalue weighted by molar-refractivity contribution is 6.30. The van der Waals surface area contributed by atoms with Gasteiger partial charge in [-0.1, -0.05) is 60.1 Å². The number of aromatic nitrogens is 3. The summed E-state index contributed by atoms with van der Waals surface area (Å²) in [6.45, 7) is 2.00. The minimum Gasteiger partial charge on any atom is -0.384 e. The van der Waals surface area contributed by atoms with Crippen LogP contribution in [0, 0.1) is 6.92 Å². The Balaban J connectivity index is 1.55. The number of nitrogens with one attached hydrogen (secondary N) is 1. The summed E-state index contributed by atoms with van der Waals surface area (Å²) in [4.78, 5) is 35.0. The van der Waals surface area contributed by atoms with Crippen LogP contribution in [0.25, 0.3) is 11.3 Å². The Morgan fingerprint density at radius 2 is 1.78 bits per heavy atom. The molecule has 0 aliphatic carbocycles. The number of nitrogen functional groups attached to an aromatic ring is 1. The summed E-state index contributed by atoms with van der Waals surface area (Å²) in [5.74, 6) is 0.142. The zero-order chi connectivity index (χ0) is 25.5. The van der Waals surface area contributed by atoms with E-state index in [0.29, 0.717) is 28.6 Å². The first-order chi connectivity index (χ1) is 17.4. The highest BCUT2D eigenvalue weighted by atomic mass is 35.5. The normalized spacial score (nSPS) is 10.8. The van der Waals surface area contributed by atoms with Gasteiger partial charge >= 0.3 is 0 Å². The van der Waals surface area contributed by atoms with Crippen LogP contribution in [-0.2, 0) is 30.7 Å². The largest absolute Gasteiger partial charge is 0.384 e. The summed E-state index contributed by atoms with van der Waals surface area (Å²) in [6, 6.07) is 20.8. The molecule has 0 aliphatic rings. The van der Waals surface area contributed by atoms with Crippen LogP contribution >= 0.6 is 11.6 Å². The topological polar surface area (TPSA) is 103 Å². The number of anilines is 1. The lowest BCUT2D eigenvalue weighted by atomic mass is 10.1. The van der Waals surface area contributed by atoms with Crippen molar-refractivity contribution in [2.75, 3.05) is 5.73 Å². The van der Waals surface area contributed by atoms with Crippen molar-refractivity contribution < 1.29 is 4.79 Å². The molecule has 0 atom stereocenters. The molecule has 2 heterocycles. The van der Waals surface area contributed by atoms with Crippen molar-refractivity contribution in [1.29, 1.82) is 0 Å². The Hall–Kier alpha value is -3.97. The third-order valence-corrected chi connectivity index (χ3v) is 6.23. The van der Waals surface area contributed by atoms with Crippen LogP contribution in [-0.4, -0.2) is 20.4 Å². The van der Waals surface area contributed by atoms with E-state index in [2.05, 4.69) is 27.4 Å². The van der Waals surface area contributed by atoms with Gasteiger partial charge in [0.15, 0.2) is 0 Å². The lowest BCUT2D eigenvalue weighted by Gasteiger charge is -2.15. The summed E-state index contributed by atoms with van der Waals surface area (Å²) in [5.41, 5.74) is 10.0. The maximum atomic E-state index is 13.4. The summed E-state index contributed by atoms with van der Waals surface area (Å²) in [6.07, 6.45) is 3.80. The molecule has 0 spiro atoms. The van der Waals surface area contributed by atoms with Crippen molar-refractivity contribution in [3.63, 3.8) is 0 Å². The Morgan fingerprint density at radius 3 is 2.50 bits per heavy atom. The van der Waals surface area contributed by atoms with Gasteiger partial charge in [-0.15, -0.1) is 0 Å². The van der Waals surface area contributed by atoms with Gasteiger partial charge in [-0.3, -0.25) is 19.1 Å². The van der Waals surface area contributed by atoms with E-state index in [1.807, 2.05) is 43.3 Å². The first kappa shape index (κ1) is 25.1. The van der Waals surface area contributed by atoms with Crippen molar-refractivity contribution in [2.45, 2.75) is 39.3 Å². The van der Waals surface area contributed by atoms with Crippen LogP contribution in [0.3, 0.4) is 0 Å². The fourth-order valence-corrected chi connectivity index (χ4v) is 4.13. The van der Waals surface area contributed by atoms with Crippen molar-refractivity contribution in [3.8, 4) is 11.3 Å². The number of pyridine rings is 1. The highest BCUT2D eigenvalue weighted by Crippen LogP contribution is 2.20. The molecule has 0 aliphatic heterocycles. The van der Waals surface area contributed by atoms with E-state index in [0.717, 1.165) is 29.7 Å². The number of amides is 1. The number of benzene rings is 2. The summed E-state index contributed by atoms with van der Waals surface area (Å²) in [5, 5.41) is 3.47. The SMILES string of the molecule is Cc1nc(N)ccc1CNC(=O)Cn1c(-c2ccc(Cl)cc2)cnc(CCCc2ccccc2)c1=O. The number of carbonyl (C=O) groups is 1. The number of hydrogen-bond donors (Lipinski definition) is 2. The van der Waals surface area contributed by atoms with Gasteiger partial charge in [0.05, 0.1) is 11.9 Å². The fourth-order valence-electron chi connectivity index (χ4n) is 4.00. The van der Waals surface area contributed by atoms with Gasteiger partial charge < -0.3 is 11.1 Å². The monoisotopic (exact) mass is 501 g/mol. The molecule has 8 heteroatoms. The molecule has 0 saturated carbocycles. The zero-order valence-corrected chi connectivity index (χ0v) is 20.8. The molecule has 1 amide bonds. The summed E-state index contributed by atoms with van der Waals surface area (Å²) in [7, 11) is 0. The minimum atomic E-state index is -0.287. The number of nitrogens with zero attached hydrogens (tertiary/aromatic N) is 3. The van der Waals surface area contributed by atoms with Crippen LogP contribution in [0.5, 0.6) is 0 Å². The highest BCUT2D eigenvalue weighted by Gasteiger charge is 2.15. The smallest absolute Gasteiger partial charge is 0.273 e. The van der Waals surface area contributed by atoms with E-state index in [-0.39, 0.29) is 24.6 Å². The second kappa shape index (κ2) is 11.6. The Labute approximate surface area is 215 Å². The van der Waals surface area contributed by atoms with E-state index in [1.54, 1.807) is 24.4 Å². The maximum absolute atomic E-state index is 13.4. The molecule has 4 aromatic rings. The van der Waals surface area contributed by atoms with Crippen LogP contribution in [0.15, 0.2) is 77.7 Å². The minimum absolute atomic E-state index is 0.132. The van der Waals surface area contributed by atoms with Gasteiger partial charge in [0.1, 0.15) is 18.1 Å². The van der Waals surface area contributed by atoms with Crippen molar-refractivity contribution in [2.24, 2.45) is 0 Å². The molecule has 184 valence electrons. The molecule has 0 saturated heterocycles. The predicted octanol–water partition coefficient (Wildman–Crippen LogP) is 4.34. The van der Waals surface area contributed by atoms with Crippen LogP contribution in [0.4, 0.5) is 5.82 Å². The molecule has 7 nitrogen and oxygen atoms in total. The van der Waals surface area contributed by atoms with Gasteiger partial charge in [-0.25, -0.2) is 4.98 Å². The van der Waals surface area contributed by atoms with Gasteiger partial charge in [-0.2, -0.15) is 0 Å². The Morgan fingerprint density at radius 1 is 1.03 bits per heavy atom. The second-order valence-electron chi connectivity index (χ2n) is 8.58. The average molecular weight is 502 g/mol. The first-order valence-electron chi connectivity index (χ1n) is 11.8. The number of aryl methyl sites for hydroxylation is 3. The van der Waals surface area contributed by atoms with E-state index in [1.165, 1.54) is 10.1 Å². The zero-order valence-electron chi connectivity index (χ0n) is 20.1. The van der Waals surface area contributed by atoms with E-state index in [4.69, 9.17) is 17.3 Å². The molecule has 0 fully saturated rings. The third kappa shape index (κ3) is 6.37. The van der Waals surface area contributed by atoms with Crippen LogP contribution in [0.1, 0.15) is 28.9 Å². The predicted molar refractivity (Wildman–Crippen MR) is 143 cm³/mol. The van der Waals surface area contributed by atoms with Crippen molar-refractivity contribution in [3.05, 3.63) is 111 Å². The lowest BCUT2D eigenvalue weighted by Crippen LogP contribution is -2.34. The molecular weight excluding hydrogens is 474 g/mol. The molecule has 2 aromatic heterocycles. The second-order valence-corrected chi connectivity index (χ2v) is 9.02. The van der Waals surface area contributed by atoms with Crippen LogP contribution in [0.2, 0.25) is 5.02 Å². The quantitative estimate of drug-likeness (QED) is 0.355. The number of rotatable bonds is 9. The van der Waals surface area contributed by atoms with E-state index >= 15 is 0 Å². The Kier molecular flexibility index (Phi) is 8.13. The van der Waals surface area contributed by atoms with Gasteiger partial charge in [0, 0.05) is 17.3 Å². The van der Waals surface area contributed by atoms with Gasteiger partial charge in [0.2, 0.25) is 5.91 Å². The van der Waals surface area contributed by atoms with Gasteiger partial charge in [-0.05, 0) is 61.1 Å². The molecule has 0 bridgehead atoms. The summed E-state index contributed by atoms with van der Waals surface area (Å²) >= 11 is 6.05. The Bertz CT molecular complexity index is 1400. The van der Waals surface area contributed by atoms with E-state index < -0.39 is 0 Å². The third-order valence-electron chi connectivity index (χ3n) is 5.98. The van der Waals surface area contributed by atoms with E-state index in [9.17, 15) is 9.59 Å². The van der Waals surface area contributed by atoms with Crippen molar-refractivity contribution >= 4 is 23.3 Å². The average Bonchev–Trinajstić information content (AvgIpc) is 2.87. The summed E-state index contributed by atoms with van der Waals surface area (Å²) < 4.78 is 1.48. The van der Waals surface area contributed by atoms with Crippen LogP contribution < -0.4 is 16.6 Å². The standard InChI is InChI=1S/C28H28ClN5O2/c1-19-22(12-15-26(30)33-19)16-32-27(35)18-34-25(21-10-13-23(29)14-11-21)17-31-24(28(34)36)9-5-8-20-6-3-2-4-7-20/h2-4,6-7,10-15,17H,5,8-9,16,18H2,1H3,(H2,30,33)(H,32,35). The molecule has 4 rings (SSSR count). The lowest BCUT2D eigenvalue weighted by molar-refractivity contribution is -0.121. The van der Waals surface area contributed by atoms with Crippen molar-refractivity contribution in [1.82, 2.24) is 19.9 Å². The molecule has 2 aromatic carbocycles. The number of halogens is 1. The number of nitrogens with two attached hydrogens (primary N) is 1. The molecule has 3 N–H and O–H groups in total. The fraction of sp³-hybridized carbons (Fsp3) is 0.214. The van der Waals surface area contributed by atoms with Gasteiger partial charge in [0.25, 0.3) is 5.56 Å². The maximum Gasteiger partial charge on any atom is 0.273 e. The number of carbonyl (C=O) groups excluding carboxylic acids is 1. The molecular formula is C28H28ClN5O2. The molecule has 0 unspecified atom stereocenters. The number of hydrogen-bond acceptors (Lipinski definition) is 5. The molecule has 36 heavy (non-hydrogen) atoms. The molecule has 0 radical (unpaired) electrons.